The molecular weight excluding hydrogens is 234 g/mol. The van der Waals surface area contributed by atoms with Crippen LogP contribution in [0, 0.1) is 0 Å². The van der Waals surface area contributed by atoms with Crippen LogP contribution in [0.15, 0.2) is 24.3 Å². The van der Waals surface area contributed by atoms with Crippen LogP contribution in [0.3, 0.4) is 0 Å². The fourth-order valence-corrected chi connectivity index (χ4v) is 2.70. The minimum Gasteiger partial charge on any atom is -0.398 e. The lowest BCUT2D eigenvalue weighted by Gasteiger charge is -2.41. The SMILES string of the molecule is CC(C)(C)N1CCC(NCc2ccccc2N)CC1. The van der Waals surface area contributed by atoms with Crippen LogP contribution in [0.2, 0.25) is 0 Å². The van der Waals surface area contributed by atoms with Crippen molar-refractivity contribution in [3.05, 3.63) is 29.8 Å². The summed E-state index contributed by atoms with van der Waals surface area (Å²) in [4.78, 5) is 2.57. The van der Waals surface area contributed by atoms with Gasteiger partial charge in [0.15, 0.2) is 0 Å². The highest BCUT2D eigenvalue weighted by atomic mass is 15.2. The summed E-state index contributed by atoms with van der Waals surface area (Å²) in [7, 11) is 0. The van der Waals surface area contributed by atoms with E-state index in [1.165, 1.54) is 31.5 Å². The first-order valence-electron chi connectivity index (χ1n) is 7.28. The summed E-state index contributed by atoms with van der Waals surface area (Å²) >= 11 is 0. The molecule has 0 aliphatic carbocycles. The molecular formula is C16H27N3. The van der Waals surface area contributed by atoms with Crippen LogP contribution in [0.25, 0.3) is 0 Å². The molecule has 0 unspecified atom stereocenters. The maximum Gasteiger partial charge on any atom is 0.0359 e. The third-order valence-electron chi connectivity index (χ3n) is 4.08. The van der Waals surface area contributed by atoms with E-state index in [0.29, 0.717) is 11.6 Å². The van der Waals surface area contributed by atoms with Crippen LogP contribution in [0.1, 0.15) is 39.2 Å². The number of nitrogens with two attached hydrogens (primary N) is 1. The van der Waals surface area contributed by atoms with Gasteiger partial charge in [0.25, 0.3) is 0 Å². The van der Waals surface area contributed by atoms with Crippen LogP contribution in [0.5, 0.6) is 0 Å². The second-order valence-electron chi connectivity index (χ2n) is 6.51. The van der Waals surface area contributed by atoms with Gasteiger partial charge in [0.1, 0.15) is 0 Å². The molecule has 0 bridgehead atoms. The lowest BCUT2D eigenvalue weighted by atomic mass is 9.98. The topological polar surface area (TPSA) is 41.3 Å². The van der Waals surface area contributed by atoms with E-state index in [1.54, 1.807) is 0 Å². The number of nitrogens with one attached hydrogen (secondary N) is 1. The van der Waals surface area contributed by atoms with E-state index in [0.717, 1.165) is 12.2 Å². The quantitative estimate of drug-likeness (QED) is 0.822. The molecule has 0 saturated carbocycles. The largest absolute Gasteiger partial charge is 0.398 e. The highest BCUT2D eigenvalue weighted by Gasteiger charge is 2.26. The van der Waals surface area contributed by atoms with E-state index in [-0.39, 0.29) is 0 Å². The number of nitrogens with zero attached hydrogens (tertiary/aromatic N) is 1. The number of piperidine rings is 1. The van der Waals surface area contributed by atoms with Gasteiger partial charge in [-0.25, -0.2) is 0 Å². The molecule has 3 N–H and O–H groups in total. The molecule has 1 aliphatic rings. The Hall–Kier alpha value is -1.06. The van der Waals surface area contributed by atoms with Crippen molar-refractivity contribution in [1.29, 1.82) is 0 Å². The highest BCUT2D eigenvalue weighted by Crippen LogP contribution is 2.20. The Morgan fingerprint density at radius 3 is 2.42 bits per heavy atom. The van der Waals surface area contributed by atoms with Crippen molar-refractivity contribution >= 4 is 5.69 Å². The van der Waals surface area contributed by atoms with Crippen LogP contribution in [-0.2, 0) is 6.54 Å². The van der Waals surface area contributed by atoms with Crippen molar-refractivity contribution in [3.63, 3.8) is 0 Å². The lowest BCUT2D eigenvalue weighted by molar-refractivity contribution is 0.0960. The monoisotopic (exact) mass is 261 g/mol. The Morgan fingerprint density at radius 2 is 1.84 bits per heavy atom. The van der Waals surface area contributed by atoms with E-state index in [4.69, 9.17) is 5.73 Å². The van der Waals surface area contributed by atoms with Gasteiger partial charge in [-0.2, -0.15) is 0 Å². The molecule has 1 aromatic rings. The van der Waals surface area contributed by atoms with Crippen LogP contribution in [0.4, 0.5) is 5.69 Å². The third-order valence-corrected chi connectivity index (χ3v) is 4.08. The Bertz CT molecular complexity index is 401. The molecule has 1 heterocycles. The number of hydrogen-bond donors (Lipinski definition) is 2. The predicted molar refractivity (Wildman–Crippen MR) is 82.0 cm³/mol. The second kappa shape index (κ2) is 5.93. The molecule has 1 saturated heterocycles. The molecule has 19 heavy (non-hydrogen) atoms. The van der Waals surface area contributed by atoms with Gasteiger partial charge in [-0.15, -0.1) is 0 Å². The highest BCUT2D eigenvalue weighted by molar-refractivity contribution is 5.46. The summed E-state index contributed by atoms with van der Waals surface area (Å²) in [5, 5.41) is 3.64. The summed E-state index contributed by atoms with van der Waals surface area (Å²) in [6.45, 7) is 10.1. The van der Waals surface area contributed by atoms with Crippen LogP contribution in [-0.4, -0.2) is 29.6 Å². The number of hydrogen-bond acceptors (Lipinski definition) is 3. The van der Waals surface area contributed by atoms with Crippen molar-refractivity contribution in [2.24, 2.45) is 0 Å². The molecule has 3 nitrogen and oxygen atoms in total. The van der Waals surface area contributed by atoms with Gasteiger partial charge in [0.05, 0.1) is 0 Å². The van der Waals surface area contributed by atoms with Gasteiger partial charge in [-0.05, 0) is 45.2 Å². The van der Waals surface area contributed by atoms with E-state index in [9.17, 15) is 0 Å². The average molecular weight is 261 g/mol. The molecule has 0 radical (unpaired) electrons. The van der Waals surface area contributed by atoms with E-state index in [1.807, 2.05) is 12.1 Å². The van der Waals surface area contributed by atoms with Gasteiger partial charge >= 0.3 is 0 Å². The fraction of sp³-hybridized carbons (Fsp3) is 0.625. The molecule has 1 aromatic carbocycles. The molecule has 3 heteroatoms. The molecule has 0 amide bonds. The molecule has 0 spiro atoms. The molecule has 106 valence electrons. The second-order valence-corrected chi connectivity index (χ2v) is 6.51. The maximum atomic E-state index is 5.97. The molecule has 0 atom stereocenters. The summed E-state index contributed by atoms with van der Waals surface area (Å²) in [6.07, 6.45) is 2.45. The maximum absolute atomic E-state index is 5.97. The first kappa shape index (κ1) is 14.4. The smallest absolute Gasteiger partial charge is 0.0359 e. The van der Waals surface area contributed by atoms with Gasteiger partial charge in [0, 0.05) is 36.9 Å². The lowest BCUT2D eigenvalue weighted by Crippen LogP contribution is -2.49. The standard InChI is InChI=1S/C16H27N3/c1-16(2,3)19-10-8-14(9-11-19)18-12-13-6-4-5-7-15(13)17/h4-7,14,18H,8-12,17H2,1-3H3. The zero-order chi connectivity index (χ0) is 13.9. The summed E-state index contributed by atoms with van der Waals surface area (Å²) in [5.74, 6) is 0. The van der Waals surface area contributed by atoms with Crippen LogP contribution < -0.4 is 11.1 Å². The molecule has 0 aromatic heterocycles. The van der Waals surface area contributed by atoms with Crippen molar-refractivity contribution in [2.75, 3.05) is 18.8 Å². The van der Waals surface area contributed by atoms with Crippen molar-refractivity contribution < 1.29 is 0 Å². The Kier molecular flexibility index (Phi) is 4.48. The first-order valence-corrected chi connectivity index (χ1v) is 7.28. The fourth-order valence-electron chi connectivity index (χ4n) is 2.70. The molecule has 2 rings (SSSR count). The number of likely N-dealkylation sites (tertiary alicyclic amines) is 1. The van der Waals surface area contributed by atoms with Gasteiger partial charge in [-0.1, -0.05) is 18.2 Å². The van der Waals surface area contributed by atoms with E-state index >= 15 is 0 Å². The average Bonchev–Trinajstić information content (AvgIpc) is 2.37. The first-order chi connectivity index (χ1) is 8.97. The normalized spacial score (nSPS) is 18.7. The molecule has 1 fully saturated rings. The zero-order valence-electron chi connectivity index (χ0n) is 12.4. The van der Waals surface area contributed by atoms with Gasteiger partial charge in [0.2, 0.25) is 0 Å². The summed E-state index contributed by atoms with van der Waals surface area (Å²) in [5.41, 5.74) is 8.37. The Balaban J connectivity index is 1.79. The number of para-hydroxylation sites is 1. The van der Waals surface area contributed by atoms with Crippen molar-refractivity contribution in [2.45, 2.75) is 51.7 Å². The summed E-state index contributed by atoms with van der Waals surface area (Å²) in [6, 6.07) is 8.74. The number of rotatable bonds is 3. The minimum atomic E-state index is 0.300. The van der Waals surface area contributed by atoms with E-state index < -0.39 is 0 Å². The number of benzene rings is 1. The Morgan fingerprint density at radius 1 is 1.21 bits per heavy atom. The summed E-state index contributed by atoms with van der Waals surface area (Å²) < 4.78 is 0. The number of nitrogen functional groups attached to an aromatic ring is 1. The van der Waals surface area contributed by atoms with Gasteiger partial charge < -0.3 is 11.1 Å². The zero-order valence-corrected chi connectivity index (χ0v) is 12.4. The van der Waals surface area contributed by atoms with Crippen LogP contribution >= 0.6 is 0 Å². The minimum absolute atomic E-state index is 0.300. The predicted octanol–water partition coefficient (Wildman–Crippen LogP) is 2.62. The van der Waals surface area contributed by atoms with Gasteiger partial charge in [-0.3, -0.25) is 4.90 Å². The van der Waals surface area contributed by atoms with Crippen molar-refractivity contribution in [1.82, 2.24) is 10.2 Å². The third kappa shape index (κ3) is 3.95. The number of anilines is 1. The molecule has 1 aliphatic heterocycles. The Labute approximate surface area is 117 Å². The van der Waals surface area contributed by atoms with Crippen molar-refractivity contribution in [3.8, 4) is 0 Å². The van der Waals surface area contributed by atoms with E-state index in [2.05, 4.69) is 43.1 Å².